The Labute approximate surface area is 204 Å². The van der Waals surface area contributed by atoms with Crippen molar-refractivity contribution in [3.8, 4) is 5.75 Å². The minimum absolute atomic E-state index is 0.104. The van der Waals surface area contributed by atoms with Crippen molar-refractivity contribution in [2.45, 2.75) is 46.6 Å². The predicted molar refractivity (Wildman–Crippen MR) is 137 cm³/mol. The summed E-state index contributed by atoms with van der Waals surface area (Å²) in [5, 5.41) is 13.3. The van der Waals surface area contributed by atoms with Crippen LogP contribution in [0.3, 0.4) is 0 Å². The summed E-state index contributed by atoms with van der Waals surface area (Å²) < 4.78 is 5.75. The summed E-state index contributed by atoms with van der Waals surface area (Å²) in [7, 11) is 0. The van der Waals surface area contributed by atoms with Crippen molar-refractivity contribution in [3.63, 3.8) is 0 Å². The minimum Gasteiger partial charge on any atom is -0.507 e. The summed E-state index contributed by atoms with van der Waals surface area (Å²) in [6, 6.07) is 14.2. The minimum atomic E-state index is -0.699. The van der Waals surface area contributed by atoms with Crippen LogP contribution in [0.1, 0.15) is 59.9 Å². The van der Waals surface area contributed by atoms with Crippen LogP contribution in [-0.2, 0) is 9.59 Å². The Balaban J connectivity index is 1.93. The van der Waals surface area contributed by atoms with Crippen molar-refractivity contribution < 1.29 is 19.4 Å². The third-order valence-electron chi connectivity index (χ3n) is 6.30. The predicted octanol–water partition coefficient (Wildman–Crippen LogP) is 6.51. The average Bonchev–Trinajstić information content (AvgIpc) is 3.43. The number of ether oxygens (including phenoxy) is 1. The lowest BCUT2D eigenvalue weighted by Gasteiger charge is -2.26. The molecule has 0 saturated carbocycles. The first-order valence-corrected chi connectivity index (χ1v) is 12.3. The molecule has 0 spiro atoms. The number of hydrogen-bond acceptors (Lipinski definition) is 5. The molecule has 1 unspecified atom stereocenters. The van der Waals surface area contributed by atoms with E-state index in [1.807, 2.05) is 82.5 Å². The van der Waals surface area contributed by atoms with E-state index in [1.165, 1.54) is 16.2 Å². The number of Topliss-reactive ketones (excluding diaryl/α,β-unsaturated/α-hetero) is 1. The standard InChI is InChI=1S/C28H29NO4S/c1-6-33-22-13-12-19(15-20(22)16(2)3)26(30)24-25(23-11-8-14-34-23)29(28(32)27(24)31)21-10-7-9-17(4)18(21)5/h7-16,25,30H,6H2,1-5H3/b26-24-. The highest BCUT2D eigenvalue weighted by atomic mass is 32.1. The van der Waals surface area contributed by atoms with Crippen molar-refractivity contribution in [1.82, 2.24) is 0 Å². The van der Waals surface area contributed by atoms with Crippen LogP contribution >= 0.6 is 11.3 Å². The number of benzene rings is 2. The fourth-order valence-electron chi connectivity index (χ4n) is 4.38. The van der Waals surface area contributed by atoms with E-state index in [2.05, 4.69) is 0 Å². The van der Waals surface area contributed by atoms with E-state index in [9.17, 15) is 14.7 Å². The van der Waals surface area contributed by atoms with Crippen LogP contribution in [0.2, 0.25) is 0 Å². The molecule has 34 heavy (non-hydrogen) atoms. The molecule has 2 heterocycles. The van der Waals surface area contributed by atoms with E-state index in [0.29, 0.717) is 17.9 Å². The van der Waals surface area contributed by atoms with E-state index < -0.39 is 17.7 Å². The number of hydrogen-bond donors (Lipinski definition) is 1. The van der Waals surface area contributed by atoms with Crippen molar-refractivity contribution in [2.24, 2.45) is 0 Å². The fraction of sp³-hybridized carbons (Fsp3) is 0.286. The summed E-state index contributed by atoms with van der Waals surface area (Å²) in [5.74, 6) is -0.589. The second-order valence-electron chi connectivity index (χ2n) is 8.74. The van der Waals surface area contributed by atoms with Gasteiger partial charge in [-0.1, -0.05) is 32.0 Å². The van der Waals surface area contributed by atoms with Crippen molar-refractivity contribution in [3.05, 3.63) is 86.6 Å². The van der Waals surface area contributed by atoms with Gasteiger partial charge in [-0.25, -0.2) is 0 Å². The summed E-state index contributed by atoms with van der Waals surface area (Å²) in [4.78, 5) is 29.1. The maximum Gasteiger partial charge on any atom is 0.300 e. The van der Waals surface area contributed by atoms with Crippen LogP contribution in [0.4, 0.5) is 5.69 Å². The average molecular weight is 476 g/mol. The maximum atomic E-state index is 13.4. The number of carbonyl (C=O) groups excluding carboxylic acids is 2. The molecule has 0 radical (unpaired) electrons. The molecule has 176 valence electrons. The molecular formula is C28H29NO4S. The smallest absolute Gasteiger partial charge is 0.300 e. The summed E-state index contributed by atoms with van der Waals surface area (Å²) >= 11 is 1.45. The summed E-state index contributed by atoms with van der Waals surface area (Å²) in [6.07, 6.45) is 0. The topological polar surface area (TPSA) is 66.8 Å². The lowest BCUT2D eigenvalue weighted by atomic mass is 9.95. The molecule has 1 aliphatic rings. The van der Waals surface area contributed by atoms with Crippen LogP contribution in [-0.4, -0.2) is 23.4 Å². The molecule has 1 aliphatic heterocycles. The molecule has 1 N–H and O–H groups in total. The molecule has 1 saturated heterocycles. The second kappa shape index (κ2) is 9.47. The molecule has 1 aromatic heterocycles. The number of carbonyl (C=O) groups is 2. The largest absolute Gasteiger partial charge is 0.507 e. The summed E-state index contributed by atoms with van der Waals surface area (Å²) in [6.45, 7) is 10.5. The molecule has 0 aliphatic carbocycles. The first kappa shape index (κ1) is 23.8. The zero-order valence-corrected chi connectivity index (χ0v) is 20.9. The first-order chi connectivity index (χ1) is 16.3. The lowest BCUT2D eigenvalue weighted by molar-refractivity contribution is -0.132. The number of thiophene rings is 1. The van der Waals surface area contributed by atoms with E-state index in [0.717, 1.165) is 27.3 Å². The highest BCUT2D eigenvalue weighted by molar-refractivity contribution is 7.10. The molecule has 2 aromatic carbocycles. The SMILES string of the molecule is CCOc1ccc(/C(O)=C2/C(=O)C(=O)N(c3cccc(C)c3C)C2c2cccs2)cc1C(C)C. The number of amides is 1. The Hall–Kier alpha value is -3.38. The first-order valence-electron chi connectivity index (χ1n) is 11.4. The Morgan fingerprint density at radius 2 is 1.88 bits per heavy atom. The van der Waals surface area contributed by atoms with Gasteiger partial charge < -0.3 is 9.84 Å². The van der Waals surface area contributed by atoms with E-state index in [1.54, 1.807) is 6.07 Å². The Bertz CT molecular complexity index is 1270. The van der Waals surface area contributed by atoms with Crippen molar-refractivity contribution in [1.29, 1.82) is 0 Å². The highest BCUT2D eigenvalue weighted by Gasteiger charge is 2.47. The number of anilines is 1. The normalized spacial score (nSPS) is 17.6. The number of aryl methyl sites for hydroxylation is 1. The van der Waals surface area contributed by atoms with Gasteiger partial charge in [0, 0.05) is 16.1 Å². The lowest BCUT2D eigenvalue weighted by Crippen LogP contribution is -2.29. The van der Waals surface area contributed by atoms with Crippen LogP contribution in [0, 0.1) is 13.8 Å². The van der Waals surface area contributed by atoms with Crippen molar-refractivity contribution >= 4 is 34.5 Å². The van der Waals surface area contributed by atoms with Gasteiger partial charge in [0.05, 0.1) is 12.2 Å². The third-order valence-corrected chi connectivity index (χ3v) is 7.22. The Morgan fingerprint density at radius 1 is 1.12 bits per heavy atom. The van der Waals surface area contributed by atoms with E-state index >= 15 is 0 Å². The maximum absolute atomic E-state index is 13.4. The van der Waals surface area contributed by atoms with Gasteiger partial charge >= 0.3 is 0 Å². The van der Waals surface area contributed by atoms with Gasteiger partial charge in [-0.2, -0.15) is 0 Å². The molecular weight excluding hydrogens is 446 g/mol. The van der Waals surface area contributed by atoms with Gasteiger partial charge in [0.1, 0.15) is 17.6 Å². The molecule has 1 fully saturated rings. The number of nitrogens with zero attached hydrogens (tertiary/aromatic N) is 1. The van der Waals surface area contributed by atoms with Crippen LogP contribution in [0.15, 0.2) is 59.5 Å². The molecule has 1 amide bonds. The number of aliphatic hydroxyl groups excluding tert-OH is 1. The van der Waals surface area contributed by atoms with Gasteiger partial charge in [0.25, 0.3) is 11.7 Å². The van der Waals surface area contributed by atoms with Crippen LogP contribution in [0.25, 0.3) is 5.76 Å². The zero-order valence-electron chi connectivity index (χ0n) is 20.1. The zero-order chi connectivity index (χ0) is 24.6. The van der Waals surface area contributed by atoms with Crippen LogP contribution < -0.4 is 9.64 Å². The van der Waals surface area contributed by atoms with E-state index in [4.69, 9.17) is 4.74 Å². The van der Waals surface area contributed by atoms with Gasteiger partial charge in [-0.15, -0.1) is 11.3 Å². The quantitative estimate of drug-likeness (QED) is 0.251. The molecule has 3 aromatic rings. The van der Waals surface area contributed by atoms with Gasteiger partial charge in [-0.3, -0.25) is 14.5 Å². The Morgan fingerprint density at radius 3 is 2.53 bits per heavy atom. The van der Waals surface area contributed by atoms with Gasteiger partial charge in [-0.05, 0) is 79.1 Å². The van der Waals surface area contributed by atoms with Gasteiger partial charge in [0.2, 0.25) is 0 Å². The highest BCUT2D eigenvalue weighted by Crippen LogP contribution is 2.45. The second-order valence-corrected chi connectivity index (χ2v) is 9.72. The summed E-state index contributed by atoms with van der Waals surface area (Å²) in [5.41, 5.74) is 4.16. The molecule has 5 nitrogen and oxygen atoms in total. The number of aliphatic hydroxyl groups is 1. The fourth-order valence-corrected chi connectivity index (χ4v) is 5.21. The molecule has 4 rings (SSSR count). The number of rotatable bonds is 6. The number of ketones is 1. The van der Waals surface area contributed by atoms with E-state index in [-0.39, 0.29) is 17.3 Å². The molecule has 6 heteroatoms. The molecule has 1 atom stereocenters. The Kier molecular flexibility index (Phi) is 6.62. The van der Waals surface area contributed by atoms with Gasteiger partial charge in [0.15, 0.2) is 0 Å². The molecule has 0 bridgehead atoms. The monoisotopic (exact) mass is 475 g/mol. The van der Waals surface area contributed by atoms with Crippen molar-refractivity contribution in [2.75, 3.05) is 11.5 Å². The van der Waals surface area contributed by atoms with Crippen LogP contribution in [0.5, 0.6) is 5.75 Å². The third kappa shape index (κ3) is 4.03.